The molecule has 2 aliphatic rings. The number of hydrogen-bond donors (Lipinski definition) is 0. The van der Waals surface area contributed by atoms with Crippen molar-refractivity contribution in [2.45, 2.75) is 26.2 Å². The predicted molar refractivity (Wildman–Crippen MR) is 116 cm³/mol. The molecule has 0 saturated heterocycles. The molecule has 1 fully saturated rings. The third kappa shape index (κ3) is 2.51. The molecular formula is C25H19BrO5. The zero-order valence-corrected chi connectivity index (χ0v) is 18.6. The molecule has 5 rings (SSSR count). The zero-order chi connectivity index (χ0) is 22.0. The summed E-state index contributed by atoms with van der Waals surface area (Å²) < 4.78 is 11.7. The lowest BCUT2D eigenvalue weighted by Crippen LogP contribution is -2.39. The Hall–Kier alpha value is -2.99. The van der Waals surface area contributed by atoms with Gasteiger partial charge in [0.2, 0.25) is 5.78 Å². The summed E-state index contributed by atoms with van der Waals surface area (Å²) in [5, 5.41) is 0. The standard InChI is InChI=1S/C25H19BrO5/c1-3-14-6-8-15(9-7-14)21(27)24(2)20-17-13-16(26)10-11-18(17)31-23(29)25(20,24)22(28)19-5-4-12-30-19/h4-13,20H,3H2,1-2H3/t20-,24+,25-/m0/s1. The van der Waals surface area contributed by atoms with Crippen molar-refractivity contribution in [2.75, 3.05) is 0 Å². The van der Waals surface area contributed by atoms with Gasteiger partial charge in [-0.05, 0) is 42.3 Å². The normalized spacial score (nSPS) is 25.9. The van der Waals surface area contributed by atoms with Gasteiger partial charge in [-0.25, -0.2) is 0 Å². The molecule has 0 radical (unpaired) electrons. The molecule has 0 amide bonds. The van der Waals surface area contributed by atoms with E-state index < -0.39 is 28.5 Å². The van der Waals surface area contributed by atoms with E-state index >= 15 is 0 Å². The number of carbonyl (C=O) groups excluding carboxylic acids is 3. The maximum absolute atomic E-state index is 13.8. The average molecular weight is 479 g/mol. The van der Waals surface area contributed by atoms with Crippen molar-refractivity contribution < 1.29 is 23.5 Å². The van der Waals surface area contributed by atoms with Gasteiger partial charge in [0.15, 0.2) is 17.0 Å². The minimum atomic E-state index is -1.67. The summed E-state index contributed by atoms with van der Waals surface area (Å²) in [4.78, 5) is 40.8. The number of benzene rings is 2. The van der Waals surface area contributed by atoms with E-state index in [0.717, 1.165) is 16.5 Å². The van der Waals surface area contributed by atoms with Crippen molar-refractivity contribution in [1.82, 2.24) is 0 Å². The van der Waals surface area contributed by atoms with Gasteiger partial charge in [-0.1, -0.05) is 54.0 Å². The van der Waals surface area contributed by atoms with Gasteiger partial charge >= 0.3 is 5.97 Å². The largest absolute Gasteiger partial charge is 0.461 e. The molecule has 5 nitrogen and oxygen atoms in total. The highest BCUT2D eigenvalue weighted by molar-refractivity contribution is 9.10. The minimum Gasteiger partial charge on any atom is -0.461 e. The number of esters is 1. The summed E-state index contributed by atoms with van der Waals surface area (Å²) in [6, 6.07) is 15.7. The maximum Gasteiger partial charge on any atom is 0.327 e. The van der Waals surface area contributed by atoms with E-state index in [9.17, 15) is 14.4 Å². The predicted octanol–water partition coefficient (Wildman–Crippen LogP) is 5.38. The lowest BCUT2D eigenvalue weighted by atomic mass is 9.83. The topological polar surface area (TPSA) is 73.6 Å². The Morgan fingerprint density at radius 3 is 2.45 bits per heavy atom. The molecule has 1 aliphatic heterocycles. The number of furan rings is 1. The molecule has 1 aliphatic carbocycles. The Kier molecular flexibility index (Phi) is 4.35. The van der Waals surface area contributed by atoms with Crippen LogP contribution in [-0.2, 0) is 11.2 Å². The summed E-state index contributed by atoms with van der Waals surface area (Å²) >= 11 is 3.45. The van der Waals surface area contributed by atoms with Gasteiger partial charge in [-0.3, -0.25) is 14.4 Å². The molecule has 3 aromatic rings. The van der Waals surface area contributed by atoms with Crippen molar-refractivity contribution in [3.05, 3.63) is 87.8 Å². The van der Waals surface area contributed by atoms with E-state index in [0.29, 0.717) is 16.9 Å². The number of halogens is 1. The Balaban J connectivity index is 1.70. The van der Waals surface area contributed by atoms with Crippen LogP contribution in [0.4, 0.5) is 0 Å². The fraction of sp³-hybridized carbons (Fsp3) is 0.240. The quantitative estimate of drug-likeness (QED) is 0.213. The number of aryl methyl sites for hydroxylation is 1. The van der Waals surface area contributed by atoms with Gasteiger partial charge in [0.05, 0.1) is 11.7 Å². The molecule has 0 unspecified atom stereocenters. The van der Waals surface area contributed by atoms with Crippen LogP contribution in [0.3, 0.4) is 0 Å². The lowest BCUT2D eigenvalue weighted by Gasteiger charge is -2.22. The number of carbonyl (C=O) groups is 3. The summed E-state index contributed by atoms with van der Waals surface area (Å²) in [5.74, 6) is -1.74. The molecule has 2 heterocycles. The summed E-state index contributed by atoms with van der Waals surface area (Å²) in [6.45, 7) is 3.72. The SMILES string of the molecule is CCc1ccc(C(=O)[C@@]2(C)[C@@H]3c4cc(Br)ccc4OC(=O)[C@@]32C(=O)c2ccco2)cc1. The Labute approximate surface area is 187 Å². The fourth-order valence-electron chi connectivity index (χ4n) is 5.07. The smallest absolute Gasteiger partial charge is 0.327 e. The number of rotatable bonds is 5. The second kappa shape index (κ2) is 6.76. The van der Waals surface area contributed by atoms with Crippen LogP contribution >= 0.6 is 15.9 Å². The van der Waals surface area contributed by atoms with E-state index in [4.69, 9.17) is 9.15 Å². The average Bonchev–Trinajstić information content (AvgIpc) is 3.09. The van der Waals surface area contributed by atoms with Gasteiger partial charge < -0.3 is 9.15 Å². The van der Waals surface area contributed by atoms with Crippen LogP contribution in [0.15, 0.2) is 69.8 Å². The van der Waals surface area contributed by atoms with E-state index in [2.05, 4.69) is 15.9 Å². The first kappa shape index (κ1) is 19.9. The maximum atomic E-state index is 13.8. The van der Waals surface area contributed by atoms with Crippen molar-refractivity contribution >= 4 is 33.5 Å². The van der Waals surface area contributed by atoms with E-state index in [1.165, 1.54) is 12.3 Å². The molecule has 0 spiro atoms. The second-order valence-corrected chi connectivity index (χ2v) is 9.12. The first-order valence-corrected chi connectivity index (χ1v) is 10.9. The highest BCUT2D eigenvalue weighted by Gasteiger charge is 2.88. The minimum absolute atomic E-state index is 0.0400. The fourth-order valence-corrected chi connectivity index (χ4v) is 5.45. The van der Waals surface area contributed by atoms with Crippen molar-refractivity contribution in [1.29, 1.82) is 0 Å². The van der Waals surface area contributed by atoms with Crippen LogP contribution in [0, 0.1) is 10.8 Å². The van der Waals surface area contributed by atoms with Gasteiger partial charge in [-0.15, -0.1) is 0 Å². The molecule has 156 valence electrons. The van der Waals surface area contributed by atoms with Crippen molar-refractivity contribution in [2.24, 2.45) is 10.8 Å². The third-order valence-corrected chi connectivity index (χ3v) is 7.25. The number of fused-ring (bicyclic) bond motifs is 3. The van der Waals surface area contributed by atoms with Gasteiger partial charge in [0, 0.05) is 21.5 Å². The molecule has 6 heteroatoms. The van der Waals surface area contributed by atoms with Gasteiger partial charge in [0.1, 0.15) is 5.75 Å². The molecule has 3 atom stereocenters. The van der Waals surface area contributed by atoms with Gasteiger partial charge in [-0.2, -0.15) is 0 Å². The summed E-state index contributed by atoms with van der Waals surface area (Å²) in [5.41, 5.74) is -0.739. The van der Waals surface area contributed by atoms with Crippen molar-refractivity contribution in [3.8, 4) is 5.75 Å². The van der Waals surface area contributed by atoms with Crippen LogP contribution in [0.25, 0.3) is 0 Å². The van der Waals surface area contributed by atoms with Crippen molar-refractivity contribution in [3.63, 3.8) is 0 Å². The molecule has 1 aromatic heterocycles. The Morgan fingerprint density at radius 2 is 1.81 bits per heavy atom. The van der Waals surface area contributed by atoms with Crippen LogP contribution in [0.5, 0.6) is 5.75 Å². The van der Waals surface area contributed by atoms with Gasteiger partial charge in [0.25, 0.3) is 0 Å². The summed E-state index contributed by atoms with van der Waals surface area (Å²) in [7, 11) is 0. The number of Topliss-reactive ketones (excluding diaryl/α,β-unsaturated/α-hetero) is 2. The molecule has 1 saturated carbocycles. The Morgan fingerprint density at radius 1 is 1.06 bits per heavy atom. The molecular weight excluding hydrogens is 460 g/mol. The first-order valence-electron chi connectivity index (χ1n) is 10.1. The number of ketones is 2. The monoisotopic (exact) mass is 478 g/mol. The lowest BCUT2D eigenvalue weighted by molar-refractivity contribution is -0.140. The van der Waals surface area contributed by atoms with E-state index in [-0.39, 0.29) is 11.5 Å². The third-order valence-electron chi connectivity index (χ3n) is 6.75. The van der Waals surface area contributed by atoms with Crippen LogP contribution in [0.1, 0.15) is 51.8 Å². The zero-order valence-electron chi connectivity index (χ0n) is 17.0. The molecule has 0 N–H and O–H groups in total. The number of ether oxygens (including phenoxy) is 1. The highest BCUT2D eigenvalue weighted by atomic mass is 79.9. The first-order chi connectivity index (χ1) is 14.9. The highest BCUT2D eigenvalue weighted by Crippen LogP contribution is 2.79. The second-order valence-electron chi connectivity index (χ2n) is 8.20. The molecule has 0 bridgehead atoms. The van der Waals surface area contributed by atoms with Crippen LogP contribution in [0.2, 0.25) is 0 Å². The van der Waals surface area contributed by atoms with E-state index in [1.807, 2.05) is 25.1 Å². The molecule has 2 aromatic carbocycles. The summed E-state index contributed by atoms with van der Waals surface area (Å²) in [6.07, 6.45) is 2.23. The molecule has 31 heavy (non-hydrogen) atoms. The number of hydrogen-bond acceptors (Lipinski definition) is 5. The van der Waals surface area contributed by atoms with Crippen LogP contribution in [-0.4, -0.2) is 17.5 Å². The van der Waals surface area contributed by atoms with E-state index in [1.54, 1.807) is 37.3 Å². The Bertz CT molecular complexity index is 1230. The van der Waals surface area contributed by atoms with Crippen LogP contribution < -0.4 is 4.74 Å².